The third-order valence-corrected chi connectivity index (χ3v) is 7.08. The molecule has 0 spiro atoms. The van der Waals surface area contributed by atoms with Gasteiger partial charge in [-0.2, -0.15) is 5.26 Å². The minimum Gasteiger partial charge on any atom is -0.444 e. The zero-order valence-corrected chi connectivity index (χ0v) is 22.3. The lowest BCUT2D eigenvalue weighted by Crippen LogP contribution is -2.37. The summed E-state index contributed by atoms with van der Waals surface area (Å²) in [5, 5.41) is 12.6. The fourth-order valence-electron chi connectivity index (χ4n) is 5.44. The standard InChI is InChI=1S/C31H33N5O2/c1-5-20-9-7-11-26-28(20)36-29(35-26)25-18-33-17-24(21-10-6-8-19(14-21)16-32)27(25)22-12-13-23(15-22)34-30(37)38-31(2,3)4/h6-11,14,17-18,22-23H,5,12-13,15H2,1-4H3,(H,34,37)(H,35,36)/t22?,23-/m0/s1. The molecule has 4 aromatic rings. The maximum atomic E-state index is 12.5. The van der Waals surface area contributed by atoms with Gasteiger partial charge in [0.2, 0.25) is 0 Å². The summed E-state index contributed by atoms with van der Waals surface area (Å²) in [7, 11) is 0. The van der Waals surface area contributed by atoms with E-state index in [0.717, 1.165) is 64.8 Å². The van der Waals surface area contributed by atoms with Crippen LogP contribution >= 0.6 is 0 Å². The van der Waals surface area contributed by atoms with Gasteiger partial charge in [-0.3, -0.25) is 4.98 Å². The number of nitrogens with zero attached hydrogens (tertiary/aromatic N) is 3. The quantitative estimate of drug-likeness (QED) is 0.306. The summed E-state index contributed by atoms with van der Waals surface area (Å²) in [5.41, 5.74) is 7.25. The molecule has 0 aliphatic heterocycles. The number of aromatic nitrogens is 3. The van der Waals surface area contributed by atoms with Gasteiger partial charge in [0.25, 0.3) is 0 Å². The molecule has 194 valence electrons. The molecule has 2 N–H and O–H groups in total. The van der Waals surface area contributed by atoms with Crippen molar-refractivity contribution in [3.05, 3.63) is 71.5 Å². The number of aromatic amines is 1. The highest BCUT2D eigenvalue weighted by Gasteiger charge is 2.32. The lowest BCUT2D eigenvalue weighted by atomic mass is 9.86. The Morgan fingerprint density at radius 1 is 1.16 bits per heavy atom. The molecule has 1 amide bonds. The van der Waals surface area contributed by atoms with Gasteiger partial charge in [-0.05, 0) is 87.3 Å². The lowest BCUT2D eigenvalue weighted by molar-refractivity contribution is 0.0505. The number of nitriles is 1. The first-order valence-electron chi connectivity index (χ1n) is 13.2. The van der Waals surface area contributed by atoms with Crippen LogP contribution in [0.1, 0.15) is 69.6 Å². The summed E-state index contributed by atoms with van der Waals surface area (Å²) in [6, 6.07) is 16.1. The number of carbonyl (C=O) groups is 1. The first-order chi connectivity index (χ1) is 18.3. The highest BCUT2D eigenvalue weighted by molar-refractivity contribution is 5.85. The molecule has 1 aliphatic rings. The van der Waals surface area contributed by atoms with Crippen LogP contribution in [0.15, 0.2) is 54.9 Å². The van der Waals surface area contributed by atoms with Crippen LogP contribution in [0.2, 0.25) is 0 Å². The van der Waals surface area contributed by atoms with Gasteiger partial charge >= 0.3 is 6.09 Å². The zero-order chi connectivity index (χ0) is 26.9. The van der Waals surface area contributed by atoms with Gasteiger partial charge in [0.05, 0.1) is 22.7 Å². The van der Waals surface area contributed by atoms with Crippen molar-refractivity contribution in [2.45, 2.75) is 70.9 Å². The Labute approximate surface area is 223 Å². The van der Waals surface area contributed by atoms with E-state index in [9.17, 15) is 10.1 Å². The molecule has 0 saturated heterocycles. The normalized spacial score (nSPS) is 17.3. The Balaban J connectivity index is 1.57. The fourth-order valence-corrected chi connectivity index (χ4v) is 5.44. The average molecular weight is 508 g/mol. The number of rotatable bonds is 5. The van der Waals surface area contributed by atoms with Gasteiger partial charge < -0.3 is 15.0 Å². The Morgan fingerprint density at radius 3 is 2.71 bits per heavy atom. The van der Waals surface area contributed by atoms with E-state index in [0.29, 0.717) is 5.56 Å². The topological polar surface area (TPSA) is 104 Å². The third-order valence-electron chi connectivity index (χ3n) is 7.08. The summed E-state index contributed by atoms with van der Waals surface area (Å²) < 4.78 is 5.50. The second kappa shape index (κ2) is 10.3. The van der Waals surface area contributed by atoms with E-state index in [2.05, 4.69) is 46.5 Å². The molecule has 2 atom stereocenters. The summed E-state index contributed by atoms with van der Waals surface area (Å²) >= 11 is 0. The van der Waals surface area contributed by atoms with E-state index < -0.39 is 5.60 Å². The van der Waals surface area contributed by atoms with E-state index in [-0.39, 0.29) is 18.1 Å². The number of para-hydroxylation sites is 1. The zero-order valence-electron chi connectivity index (χ0n) is 22.3. The third kappa shape index (κ3) is 5.26. The van der Waals surface area contributed by atoms with E-state index >= 15 is 0 Å². The number of amides is 1. The lowest BCUT2D eigenvalue weighted by Gasteiger charge is -2.22. The summed E-state index contributed by atoms with van der Waals surface area (Å²) in [6.45, 7) is 7.74. The number of benzene rings is 2. The number of aryl methyl sites for hydroxylation is 1. The van der Waals surface area contributed by atoms with E-state index in [1.54, 1.807) is 0 Å². The van der Waals surface area contributed by atoms with Crippen molar-refractivity contribution in [1.29, 1.82) is 5.26 Å². The molecular formula is C31H33N5O2. The SMILES string of the molecule is CCc1cccc2[nH]c(-c3cncc(-c4cccc(C#N)c4)c3C3CC[C@H](NC(=O)OC(C)(C)C)C3)nc12. The molecular weight excluding hydrogens is 474 g/mol. The molecule has 1 aliphatic carbocycles. The number of hydrogen-bond donors (Lipinski definition) is 2. The molecule has 1 unspecified atom stereocenters. The minimum atomic E-state index is -0.544. The first-order valence-corrected chi connectivity index (χ1v) is 13.2. The molecule has 0 radical (unpaired) electrons. The number of imidazole rings is 1. The molecule has 7 heteroatoms. The molecule has 2 aromatic heterocycles. The smallest absolute Gasteiger partial charge is 0.407 e. The average Bonchev–Trinajstić information content (AvgIpc) is 3.54. The Kier molecular flexibility index (Phi) is 6.90. The van der Waals surface area contributed by atoms with Crippen LogP contribution in [0.4, 0.5) is 4.79 Å². The second-order valence-electron chi connectivity index (χ2n) is 10.9. The van der Waals surface area contributed by atoms with Gasteiger partial charge in [-0.1, -0.05) is 31.2 Å². The van der Waals surface area contributed by atoms with Crippen molar-refractivity contribution >= 4 is 17.1 Å². The van der Waals surface area contributed by atoms with Gasteiger partial charge in [-0.25, -0.2) is 9.78 Å². The van der Waals surface area contributed by atoms with Gasteiger partial charge in [0, 0.05) is 29.6 Å². The largest absolute Gasteiger partial charge is 0.444 e. The predicted molar refractivity (Wildman–Crippen MR) is 149 cm³/mol. The molecule has 1 saturated carbocycles. The molecule has 0 bridgehead atoms. The number of ether oxygens (including phenoxy) is 1. The Bertz CT molecular complexity index is 1530. The molecule has 2 aromatic carbocycles. The van der Waals surface area contributed by atoms with Crippen molar-refractivity contribution in [2.75, 3.05) is 0 Å². The predicted octanol–water partition coefficient (Wildman–Crippen LogP) is 6.89. The molecule has 2 heterocycles. The van der Waals surface area contributed by atoms with Gasteiger partial charge in [0.1, 0.15) is 11.4 Å². The number of carbonyl (C=O) groups excluding carboxylic acids is 1. The maximum Gasteiger partial charge on any atom is 0.407 e. The maximum absolute atomic E-state index is 12.5. The van der Waals surface area contributed by atoms with E-state index in [4.69, 9.17) is 9.72 Å². The molecule has 5 rings (SSSR count). The minimum absolute atomic E-state index is 0.0107. The number of pyridine rings is 1. The molecule has 38 heavy (non-hydrogen) atoms. The Hall–Kier alpha value is -4.18. The van der Waals surface area contributed by atoms with Crippen molar-refractivity contribution in [3.8, 4) is 28.6 Å². The number of fused-ring (bicyclic) bond motifs is 1. The van der Waals surface area contributed by atoms with Crippen LogP contribution in [0.25, 0.3) is 33.5 Å². The van der Waals surface area contributed by atoms with Crippen LogP contribution in [0, 0.1) is 11.3 Å². The molecule has 1 fully saturated rings. The summed E-state index contributed by atoms with van der Waals surface area (Å²) in [4.78, 5) is 25.6. The van der Waals surface area contributed by atoms with Crippen LogP contribution in [-0.4, -0.2) is 32.7 Å². The first kappa shape index (κ1) is 25.5. The monoisotopic (exact) mass is 507 g/mol. The van der Waals surface area contributed by atoms with Gasteiger partial charge in [-0.15, -0.1) is 0 Å². The molecule has 7 nitrogen and oxygen atoms in total. The van der Waals surface area contributed by atoms with Crippen molar-refractivity contribution < 1.29 is 9.53 Å². The highest BCUT2D eigenvalue weighted by atomic mass is 16.6. The van der Waals surface area contributed by atoms with Gasteiger partial charge in [0.15, 0.2) is 0 Å². The van der Waals surface area contributed by atoms with Crippen LogP contribution in [0.5, 0.6) is 0 Å². The second-order valence-corrected chi connectivity index (χ2v) is 10.9. The Morgan fingerprint density at radius 2 is 1.95 bits per heavy atom. The highest BCUT2D eigenvalue weighted by Crippen LogP contribution is 2.44. The van der Waals surface area contributed by atoms with E-state index in [1.165, 1.54) is 5.56 Å². The summed E-state index contributed by atoms with van der Waals surface area (Å²) in [5.74, 6) is 0.956. The van der Waals surface area contributed by atoms with Crippen molar-refractivity contribution in [2.24, 2.45) is 0 Å². The number of hydrogen-bond acceptors (Lipinski definition) is 5. The number of nitrogens with one attached hydrogen (secondary N) is 2. The van der Waals surface area contributed by atoms with Crippen LogP contribution in [0.3, 0.4) is 0 Å². The summed E-state index contributed by atoms with van der Waals surface area (Å²) in [6.07, 6.45) is 6.81. The van der Waals surface area contributed by atoms with Crippen molar-refractivity contribution in [3.63, 3.8) is 0 Å². The number of H-pyrrole nitrogens is 1. The fraction of sp³-hybridized carbons (Fsp3) is 0.355. The van der Waals surface area contributed by atoms with Crippen molar-refractivity contribution in [1.82, 2.24) is 20.3 Å². The van der Waals surface area contributed by atoms with Crippen LogP contribution < -0.4 is 5.32 Å². The number of alkyl carbamates (subject to hydrolysis) is 1. The van der Waals surface area contributed by atoms with Crippen LogP contribution in [-0.2, 0) is 11.2 Å². The van der Waals surface area contributed by atoms with E-state index in [1.807, 2.05) is 57.4 Å².